The van der Waals surface area contributed by atoms with Crippen LogP contribution in [-0.4, -0.2) is 22.0 Å². The fourth-order valence-corrected chi connectivity index (χ4v) is 3.19. The van der Waals surface area contributed by atoms with E-state index in [1.807, 2.05) is 29.2 Å². The van der Waals surface area contributed by atoms with Gasteiger partial charge in [-0.2, -0.15) is 5.26 Å². The first-order chi connectivity index (χ1) is 14.2. The maximum absolute atomic E-state index is 12.9. The van der Waals surface area contributed by atoms with Crippen molar-refractivity contribution >= 4 is 11.7 Å². The van der Waals surface area contributed by atoms with Gasteiger partial charge in [-0.3, -0.25) is 0 Å². The van der Waals surface area contributed by atoms with E-state index in [4.69, 9.17) is 5.26 Å². The molecule has 3 aromatic rings. The summed E-state index contributed by atoms with van der Waals surface area (Å²) in [5.74, 6) is 0. The molecule has 0 spiro atoms. The lowest BCUT2D eigenvalue weighted by atomic mass is 10.2. The molecule has 0 saturated carbocycles. The summed E-state index contributed by atoms with van der Waals surface area (Å²) in [6.45, 7) is 4.10. The van der Waals surface area contributed by atoms with Crippen molar-refractivity contribution in [2.75, 3.05) is 11.9 Å². The highest BCUT2D eigenvalue weighted by atomic mass is 16.2. The molecule has 0 aliphatic carbocycles. The first-order valence-electron chi connectivity index (χ1n) is 9.93. The van der Waals surface area contributed by atoms with E-state index >= 15 is 0 Å². The average molecular weight is 386 g/mol. The topological polar surface area (TPSA) is 61.1 Å². The van der Waals surface area contributed by atoms with Crippen molar-refractivity contribution in [3.8, 4) is 6.07 Å². The Labute approximate surface area is 172 Å². The number of hydrogen-bond acceptors (Lipinski definition) is 2. The van der Waals surface area contributed by atoms with Gasteiger partial charge >= 0.3 is 6.03 Å². The Kier molecular flexibility index (Phi) is 7.07. The van der Waals surface area contributed by atoms with Gasteiger partial charge in [-0.15, -0.1) is 0 Å². The fraction of sp³-hybridized carbons (Fsp3) is 0.250. The second-order valence-corrected chi connectivity index (χ2v) is 7.01. The fourth-order valence-electron chi connectivity index (χ4n) is 3.19. The minimum Gasteiger partial charge on any atom is -0.345 e. The molecule has 0 saturated heterocycles. The number of aromatic nitrogens is 1. The highest BCUT2D eigenvalue weighted by Gasteiger charge is 2.16. The Morgan fingerprint density at radius 3 is 2.69 bits per heavy atom. The van der Waals surface area contributed by atoms with E-state index in [1.165, 1.54) is 5.56 Å². The number of rotatable bonds is 8. The van der Waals surface area contributed by atoms with Gasteiger partial charge in [0.05, 0.1) is 18.2 Å². The van der Waals surface area contributed by atoms with Crippen molar-refractivity contribution in [3.63, 3.8) is 0 Å². The minimum absolute atomic E-state index is 0.152. The van der Waals surface area contributed by atoms with Crippen LogP contribution in [0.1, 0.15) is 36.6 Å². The van der Waals surface area contributed by atoms with Crippen LogP contribution in [0.3, 0.4) is 0 Å². The number of urea groups is 1. The number of hydrogen-bond donors (Lipinski definition) is 1. The molecule has 0 radical (unpaired) electrons. The third-order valence-electron chi connectivity index (χ3n) is 4.78. The van der Waals surface area contributed by atoms with Crippen LogP contribution < -0.4 is 5.32 Å². The maximum Gasteiger partial charge on any atom is 0.322 e. The third-order valence-corrected chi connectivity index (χ3v) is 4.78. The van der Waals surface area contributed by atoms with Crippen LogP contribution in [0.15, 0.2) is 72.9 Å². The predicted molar refractivity (Wildman–Crippen MR) is 115 cm³/mol. The van der Waals surface area contributed by atoms with Crippen LogP contribution in [0.5, 0.6) is 0 Å². The quantitative estimate of drug-likeness (QED) is 0.575. The van der Waals surface area contributed by atoms with E-state index in [0.717, 1.165) is 25.1 Å². The molecule has 2 amide bonds. The van der Waals surface area contributed by atoms with Crippen molar-refractivity contribution in [2.24, 2.45) is 0 Å². The number of benzene rings is 2. The number of nitriles is 1. The van der Waals surface area contributed by atoms with Gasteiger partial charge < -0.3 is 14.8 Å². The van der Waals surface area contributed by atoms with Crippen LogP contribution in [0.2, 0.25) is 0 Å². The molecule has 1 aromatic heterocycles. The third kappa shape index (κ3) is 5.73. The number of nitrogens with zero attached hydrogens (tertiary/aromatic N) is 3. The van der Waals surface area contributed by atoms with Crippen LogP contribution >= 0.6 is 0 Å². The molecule has 2 aromatic carbocycles. The molecule has 0 aliphatic heterocycles. The molecule has 5 heteroatoms. The number of carbonyl (C=O) groups excluding carboxylic acids is 1. The summed E-state index contributed by atoms with van der Waals surface area (Å²) < 4.78 is 2.18. The van der Waals surface area contributed by atoms with Crippen LogP contribution in [0.4, 0.5) is 10.5 Å². The molecule has 0 fully saturated rings. The molecular weight excluding hydrogens is 360 g/mol. The van der Waals surface area contributed by atoms with Gasteiger partial charge in [-0.25, -0.2) is 4.79 Å². The summed E-state index contributed by atoms with van der Waals surface area (Å²) in [4.78, 5) is 14.8. The Bertz CT molecular complexity index is 972. The minimum atomic E-state index is -0.152. The summed E-state index contributed by atoms with van der Waals surface area (Å²) in [6.07, 6.45) is 4.00. The predicted octanol–water partition coefficient (Wildman–Crippen LogP) is 5.24. The Morgan fingerprint density at radius 2 is 1.93 bits per heavy atom. The Morgan fingerprint density at radius 1 is 1.10 bits per heavy atom. The zero-order valence-electron chi connectivity index (χ0n) is 16.7. The van der Waals surface area contributed by atoms with E-state index in [1.54, 1.807) is 24.3 Å². The largest absolute Gasteiger partial charge is 0.345 e. The van der Waals surface area contributed by atoms with E-state index < -0.39 is 0 Å². The second-order valence-electron chi connectivity index (χ2n) is 7.01. The van der Waals surface area contributed by atoms with E-state index in [9.17, 15) is 4.79 Å². The van der Waals surface area contributed by atoms with Gasteiger partial charge in [0.15, 0.2) is 0 Å². The van der Waals surface area contributed by atoms with Crippen LogP contribution in [-0.2, 0) is 13.1 Å². The molecule has 0 aliphatic rings. The molecule has 1 heterocycles. The smallest absolute Gasteiger partial charge is 0.322 e. The van der Waals surface area contributed by atoms with E-state index in [-0.39, 0.29) is 6.03 Å². The number of nitrogens with one attached hydrogen (secondary N) is 1. The van der Waals surface area contributed by atoms with Crippen LogP contribution in [0.25, 0.3) is 0 Å². The van der Waals surface area contributed by atoms with Crippen molar-refractivity contribution in [2.45, 2.75) is 32.9 Å². The van der Waals surface area contributed by atoms with Crippen molar-refractivity contribution in [1.82, 2.24) is 9.47 Å². The van der Waals surface area contributed by atoms with Gasteiger partial charge in [0, 0.05) is 30.7 Å². The summed E-state index contributed by atoms with van der Waals surface area (Å²) in [5, 5.41) is 12.0. The molecule has 29 heavy (non-hydrogen) atoms. The highest BCUT2D eigenvalue weighted by Crippen LogP contribution is 2.15. The lowest BCUT2D eigenvalue weighted by molar-refractivity contribution is 0.207. The molecular formula is C24H26N4O. The van der Waals surface area contributed by atoms with Gasteiger partial charge in [0.1, 0.15) is 0 Å². The standard InChI is InChI=1S/C24H26N4O/c1-2-3-14-28(24(29)26-22-12-7-11-21(16-22)17-25)19-23-13-8-15-27(23)18-20-9-5-4-6-10-20/h4-13,15-16H,2-3,14,18-19H2,1H3,(H,26,29). The Hall–Kier alpha value is -3.52. The zero-order chi connectivity index (χ0) is 20.5. The van der Waals surface area contributed by atoms with Gasteiger partial charge in [0.25, 0.3) is 0 Å². The monoisotopic (exact) mass is 386 g/mol. The van der Waals surface area contributed by atoms with Crippen molar-refractivity contribution in [3.05, 3.63) is 89.7 Å². The SMILES string of the molecule is CCCCN(Cc1cccn1Cc1ccccc1)C(=O)Nc1cccc(C#N)c1. The highest BCUT2D eigenvalue weighted by molar-refractivity contribution is 5.89. The zero-order valence-corrected chi connectivity index (χ0v) is 16.7. The van der Waals surface area contributed by atoms with E-state index in [0.29, 0.717) is 24.3 Å². The summed E-state index contributed by atoms with van der Waals surface area (Å²) in [6, 6.07) is 23.3. The molecule has 0 bridgehead atoms. The molecule has 0 unspecified atom stereocenters. The lowest BCUT2D eigenvalue weighted by Gasteiger charge is -2.24. The van der Waals surface area contributed by atoms with E-state index in [2.05, 4.69) is 47.3 Å². The molecule has 148 valence electrons. The number of amides is 2. The number of unbranched alkanes of at least 4 members (excludes halogenated alkanes) is 1. The molecule has 0 atom stereocenters. The lowest BCUT2D eigenvalue weighted by Crippen LogP contribution is -2.36. The van der Waals surface area contributed by atoms with Crippen molar-refractivity contribution < 1.29 is 4.79 Å². The van der Waals surface area contributed by atoms with Crippen LogP contribution in [0, 0.1) is 11.3 Å². The first kappa shape index (κ1) is 20.2. The second kappa shape index (κ2) is 10.1. The van der Waals surface area contributed by atoms with Crippen molar-refractivity contribution in [1.29, 1.82) is 5.26 Å². The summed E-state index contributed by atoms with van der Waals surface area (Å²) >= 11 is 0. The maximum atomic E-state index is 12.9. The number of carbonyl (C=O) groups is 1. The normalized spacial score (nSPS) is 10.3. The Balaban J connectivity index is 1.73. The average Bonchev–Trinajstić information content (AvgIpc) is 3.18. The molecule has 5 nitrogen and oxygen atoms in total. The molecule has 3 rings (SSSR count). The first-order valence-corrected chi connectivity index (χ1v) is 9.93. The van der Waals surface area contributed by atoms with Gasteiger partial charge in [-0.05, 0) is 42.3 Å². The summed E-state index contributed by atoms with van der Waals surface area (Å²) in [5.41, 5.74) is 3.48. The van der Waals surface area contributed by atoms with Gasteiger partial charge in [0.2, 0.25) is 0 Å². The molecule has 1 N–H and O–H groups in total. The van der Waals surface area contributed by atoms with Gasteiger partial charge in [-0.1, -0.05) is 49.7 Å². The number of anilines is 1. The summed E-state index contributed by atoms with van der Waals surface area (Å²) in [7, 11) is 0.